The van der Waals surface area contributed by atoms with Crippen molar-refractivity contribution in [2.24, 2.45) is 0 Å². The summed E-state index contributed by atoms with van der Waals surface area (Å²) in [5, 5.41) is 0. The van der Waals surface area contributed by atoms with E-state index in [1.165, 1.54) is 0 Å². The molecule has 1 N–H and O–H groups in total. The summed E-state index contributed by atoms with van der Waals surface area (Å²) in [5.41, 5.74) is -0.860. The molecule has 0 saturated carbocycles. The first-order chi connectivity index (χ1) is 4.66. The molecule has 0 radical (unpaired) electrons. The second kappa shape index (κ2) is 2.41. The third-order valence-corrected chi connectivity index (χ3v) is 4.45. The summed E-state index contributed by atoms with van der Waals surface area (Å²) in [6.07, 6.45) is -2.66. The van der Waals surface area contributed by atoms with Crippen LogP contribution in [0.2, 0.25) is 0 Å². The standard InChI is InChI=1S/C6H13O3PSe/c1-5(2)6(3,4)9-10(7,11)8-5/h1-4H3,(H,7,11). The predicted molar refractivity (Wildman–Crippen MR) is 45.2 cm³/mol. The van der Waals surface area contributed by atoms with Crippen molar-refractivity contribution >= 4 is 21.3 Å². The maximum absolute atomic E-state index is 9.48. The van der Waals surface area contributed by atoms with Gasteiger partial charge in [0.15, 0.2) is 0 Å². The molecule has 1 rings (SSSR count). The average Bonchev–Trinajstić information content (AvgIpc) is 1.66. The van der Waals surface area contributed by atoms with Gasteiger partial charge in [-0.15, -0.1) is 0 Å². The fourth-order valence-electron chi connectivity index (χ4n) is 0.815. The van der Waals surface area contributed by atoms with E-state index in [4.69, 9.17) is 9.05 Å². The molecule has 0 bridgehead atoms. The van der Waals surface area contributed by atoms with Crippen LogP contribution in [-0.4, -0.2) is 31.2 Å². The van der Waals surface area contributed by atoms with Crippen molar-refractivity contribution in [1.82, 2.24) is 0 Å². The van der Waals surface area contributed by atoms with Crippen molar-refractivity contribution in [1.29, 1.82) is 0 Å². The SMILES string of the molecule is CC1(C)OP(O)(=[Se])OC1(C)C. The van der Waals surface area contributed by atoms with Gasteiger partial charge in [0, 0.05) is 0 Å². The Labute approximate surface area is 74.6 Å². The summed E-state index contributed by atoms with van der Waals surface area (Å²) in [6.45, 7) is 7.62. The summed E-state index contributed by atoms with van der Waals surface area (Å²) < 4.78 is 10.7. The third-order valence-electron chi connectivity index (χ3n) is 2.14. The van der Waals surface area contributed by atoms with Gasteiger partial charge in [0.25, 0.3) is 0 Å². The summed E-state index contributed by atoms with van der Waals surface area (Å²) in [6, 6.07) is 0. The van der Waals surface area contributed by atoms with Crippen LogP contribution in [0, 0.1) is 0 Å². The van der Waals surface area contributed by atoms with Crippen molar-refractivity contribution in [2.75, 3.05) is 0 Å². The predicted octanol–water partition coefficient (Wildman–Crippen LogP) is 1.43. The van der Waals surface area contributed by atoms with Gasteiger partial charge in [0.2, 0.25) is 0 Å². The van der Waals surface area contributed by atoms with Gasteiger partial charge in [-0.1, -0.05) is 0 Å². The molecule has 1 heterocycles. The minimum atomic E-state index is -2.66. The van der Waals surface area contributed by atoms with Crippen LogP contribution >= 0.6 is 6.19 Å². The second-order valence-electron chi connectivity index (χ2n) is 3.67. The first-order valence-electron chi connectivity index (χ1n) is 3.41. The fourth-order valence-corrected chi connectivity index (χ4v) is 4.79. The minimum absolute atomic E-state index is 0.430. The molecule has 5 heteroatoms. The van der Waals surface area contributed by atoms with E-state index in [1.807, 2.05) is 27.7 Å². The Hall–Kier alpha value is 0.829. The van der Waals surface area contributed by atoms with Gasteiger partial charge < -0.3 is 0 Å². The molecule has 1 aliphatic heterocycles. The van der Waals surface area contributed by atoms with E-state index in [0.717, 1.165) is 0 Å². The van der Waals surface area contributed by atoms with Crippen LogP contribution in [0.5, 0.6) is 0 Å². The maximum atomic E-state index is 9.48. The molecule has 3 nitrogen and oxygen atoms in total. The fraction of sp³-hybridized carbons (Fsp3) is 1.00. The Morgan fingerprint density at radius 1 is 1.09 bits per heavy atom. The average molecular weight is 243 g/mol. The number of rotatable bonds is 0. The molecule has 0 atom stereocenters. The van der Waals surface area contributed by atoms with E-state index < -0.39 is 17.4 Å². The Bertz CT molecular complexity index is 204. The molecule has 0 amide bonds. The van der Waals surface area contributed by atoms with Crippen LogP contribution in [0.1, 0.15) is 27.7 Å². The first-order valence-corrected chi connectivity index (χ1v) is 7.20. The summed E-state index contributed by atoms with van der Waals surface area (Å²) in [4.78, 5) is 9.48. The Kier molecular flexibility index (Phi) is 2.17. The van der Waals surface area contributed by atoms with Gasteiger partial charge in [0.05, 0.1) is 0 Å². The number of hydrogen-bond acceptors (Lipinski definition) is 3. The van der Waals surface area contributed by atoms with Crippen LogP contribution in [-0.2, 0) is 9.05 Å². The van der Waals surface area contributed by atoms with E-state index in [-0.39, 0.29) is 0 Å². The van der Waals surface area contributed by atoms with Crippen LogP contribution in [0.3, 0.4) is 0 Å². The van der Waals surface area contributed by atoms with Crippen LogP contribution in [0.4, 0.5) is 0 Å². The molecule has 0 aliphatic carbocycles. The van der Waals surface area contributed by atoms with E-state index in [1.54, 1.807) is 0 Å². The quantitative estimate of drug-likeness (QED) is 0.516. The van der Waals surface area contributed by atoms with Crippen LogP contribution in [0.25, 0.3) is 0 Å². The van der Waals surface area contributed by atoms with Crippen molar-refractivity contribution in [3.8, 4) is 0 Å². The molecule has 0 aromatic heterocycles. The second-order valence-corrected chi connectivity index (χ2v) is 7.88. The van der Waals surface area contributed by atoms with Gasteiger partial charge in [-0.2, -0.15) is 0 Å². The Morgan fingerprint density at radius 2 is 1.36 bits per heavy atom. The van der Waals surface area contributed by atoms with E-state index >= 15 is 0 Å². The molecule has 0 aromatic carbocycles. The van der Waals surface area contributed by atoms with Crippen molar-refractivity contribution < 1.29 is 13.9 Å². The zero-order valence-corrected chi connectivity index (χ0v) is 9.73. The molecule has 0 spiro atoms. The molecule has 1 fully saturated rings. The third kappa shape index (κ3) is 1.77. The van der Waals surface area contributed by atoms with Gasteiger partial charge >= 0.3 is 74.1 Å². The van der Waals surface area contributed by atoms with E-state index in [0.29, 0.717) is 0 Å². The number of hydrogen-bond donors (Lipinski definition) is 1. The normalized spacial score (nSPS) is 32.1. The Balaban J connectivity index is 2.98. The molecule has 66 valence electrons. The molecular weight excluding hydrogens is 230 g/mol. The van der Waals surface area contributed by atoms with Gasteiger partial charge in [-0.05, 0) is 0 Å². The summed E-state index contributed by atoms with van der Waals surface area (Å²) in [7, 11) is 0. The Morgan fingerprint density at radius 3 is 1.45 bits per heavy atom. The molecular formula is C6H13O3PSe. The summed E-state index contributed by atoms with van der Waals surface area (Å²) >= 11 is 2.55. The zero-order valence-electron chi connectivity index (χ0n) is 7.12. The first kappa shape index (κ1) is 9.91. The van der Waals surface area contributed by atoms with Crippen LogP contribution < -0.4 is 0 Å². The zero-order chi connectivity index (χ0) is 8.91. The molecule has 1 aliphatic rings. The van der Waals surface area contributed by atoms with Gasteiger partial charge in [-0.3, -0.25) is 0 Å². The van der Waals surface area contributed by atoms with Crippen molar-refractivity contribution in [3.63, 3.8) is 0 Å². The molecule has 11 heavy (non-hydrogen) atoms. The monoisotopic (exact) mass is 244 g/mol. The topological polar surface area (TPSA) is 38.7 Å². The van der Waals surface area contributed by atoms with E-state index in [9.17, 15) is 4.89 Å². The van der Waals surface area contributed by atoms with Crippen molar-refractivity contribution in [2.45, 2.75) is 38.9 Å². The van der Waals surface area contributed by atoms with Crippen LogP contribution in [0.15, 0.2) is 0 Å². The van der Waals surface area contributed by atoms with Gasteiger partial charge in [0.1, 0.15) is 0 Å². The van der Waals surface area contributed by atoms with E-state index in [2.05, 4.69) is 15.1 Å². The molecule has 0 aromatic rings. The summed E-state index contributed by atoms with van der Waals surface area (Å²) in [5.74, 6) is 0. The van der Waals surface area contributed by atoms with Crippen molar-refractivity contribution in [3.05, 3.63) is 0 Å². The van der Waals surface area contributed by atoms with Gasteiger partial charge in [-0.25, -0.2) is 0 Å². The molecule has 1 saturated heterocycles. The molecule has 0 unspecified atom stereocenters.